The van der Waals surface area contributed by atoms with Crippen molar-refractivity contribution < 1.29 is 14.3 Å². The van der Waals surface area contributed by atoms with Gasteiger partial charge in [0.1, 0.15) is 5.75 Å². The quantitative estimate of drug-likeness (QED) is 0.625. The zero-order valence-electron chi connectivity index (χ0n) is 17.4. The summed E-state index contributed by atoms with van der Waals surface area (Å²) in [6.07, 6.45) is 2.46. The number of carbonyl (C=O) groups is 2. The highest BCUT2D eigenvalue weighted by Gasteiger charge is 2.22. The zero-order chi connectivity index (χ0) is 21.2. The van der Waals surface area contributed by atoms with Gasteiger partial charge in [0.25, 0.3) is 0 Å². The molecule has 2 aromatic rings. The summed E-state index contributed by atoms with van der Waals surface area (Å²) in [6, 6.07) is 17.2. The van der Waals surface area contributed by atoms with Crippen LogP contribution in [0, 0.1) is 0 Å². The molecule has 0 unspecified atom stereocenters. The molecule has 0 bridgehead atoms. The first kappa shape index (κ1) is 21.6. The average molecular weight is 411 g/mol. The Morgan fingerprint density at radius 1 is 1.03 bits per heavy atom. The normalized spacial score (nSPS) is 14.7. The van der Waals surface area contributed by atoms with Crippen LogP contribution in [0.15, 0.2) is 54.6 Å². The summed E-state index contributed by atoms with van der Waals surface area (Å²) in [5.41, 5.74) is 1.94. The minimum absolute atomic E-state index is 0.0386. The molecule has 0 saturated carbocycles. The lowest BCUT2D eigenvalue weighted by molar-refractivity contribution is -0.122. The molecule has 0 radical (unpaired) electrons. The van der Waals surface area contributed by atoms with Gasteiger partial charge in [-0.25, -0.2) is 4.79 Å². The Bertz CT molecular complexity index is 803. The van der Waals surface area contributed by atoms with Crippen molar-refractivity contribution >= 4 is 17.6 Å². The first-order valence-electron chi connectivity index (χ1n) is 10.4. The van der Waals surface area contributed by atoms with Crippen LogP contribution in [0.5, 0.6) is 5.75 Å². The van der Waals surface area contributed by atoms with Crippen molar-refractivity contribution in [2.24, 2.45) is 0 Å². The van der Waals surface area contributed by atoms with E-state index in [1.807, 2.05) is 54.6 Å². The standard InChI is InChI=1S/C23H30N4O3/c1-30-21-9-7-18(8-10-21)11-14-24-22(28)17-27-15-12-20(13-16-27)26-23(29)25-19-5-3-2-4-6-19/h2-10,20H,11-17H2,1H3,(H,24,28)(H2,25,26,29). The maximum absolute atomic E-state index is 12.2. The van der Waals surface area contributed by atoms with Crippen LogP contribution in [0.1, 0.15) is 18.4 Å². The van der Waals surface area contributed by atoms with Crippen LogP contribution in [-0.2, 0) is 11.2 Å². The lowest BCUT2D eigenvalue weighted by atomic mass is 10.1. The fourth-order valence-electron chi connectivity index (χ4n) is 3.51. The summed E-state index contributed by atoms with van der Waals surface area (Å²) in [6.45, 7) is 2.60. The van der Waals surface area contributed by atoms with Crippen LogP contribution in [0.2, 0.25) is 0 Å². The molecule has 3 amide bonds. The largest absolute Gasteiger partial charge is 0.497 e. The van der Waals surface area contributed by atoms with Gasteiger partial charge in [-0.3, -0.25) is 9.69 Å². The van der Waals surface area contributed by atoms with Crippen molar-refractivity contribution in [1.29, 1.82) is 0 Å². The van der Waals surface area contributed by atoms with Gasteiger partial charge in [0.2, 0.25) is 5.91 Å². The molecule has 3 N–H and O–H groups in total. The van der Waals surface area contributed by atoms with Crippen LogP contribution in [0.25, 0.3) is 0 Å². The van der Waals surface area contributed by atoms with Crippen LogP contribution < -0.4 is 20.7 Å². The summed E-state index contributed by atoms with van der Waals surface area (Å²) in [5.74, 6) is 0.870. The highest BCUT2D eigenvalue weighted by Crippen LogP contribution is 2.12. The maximum atomic E-state index is 12.2. The van der Waals surface area contributed by atoms with E-state index in [0.29, 0.717) is 13.1 Å². The lowest BCUT2D eigenvalue weighted by Crippen LogP contribution is -2.48. The van der Waals surface area contributed by atoms with Gasteiger partial charge < -0.3 is 20.7 Å². The first-order chi connectivity index (χ1) is 14.6. The molecule has 3 rings (SSSR count). The summed E-state index contributed by atoms with van der Waals surface area (Å²) in [7, 11) is 1.65. The van der Waals surface area contributed by atoms with Crippen molar-refractivity contribution in [3.63, 3.8) is 0 Å². The molecule has 30 heavy (non-hydrogen) atoms. The molecule has 1 fully saturated rings. The fraction of sp³-hybridized carbons (Fsp3) is 0.391. The molecule has 0 aliphatic carbocycles. The monoisotopic (exact) mass is 410 g/mol. The van der Waals surface area contributed by atoms with E-state index in [4.69, 9.17) is 4.74 Å². The van der Waals surface area contributed by atoms with E-state index in [1.54, 1.807) is 7.11 Å². The van der Waals surface area contributed by atoms with E-state index in [0.717, 1.165) is 49.4 Å². The summed E-state index contributed by atoms with van der Waals surface area (Å²) in [4.78, 5) is 26.5. The number of likely N-dealkylation sites (tertiary alicyclic amines) is 1. The minimum Gasteiger partial charge on any atom is -0.497 e. The van der Waals surface area contributed by atoms with Crippen molar-refractivity contribution in [1.82, 2.24) is 15.5 Å². The Kier molecular flexibility index (Phi) is 8.09. The van der Waals surface area contributed by atoms with Gasteiger partial charge in [-0.2, -0.15) is 0 Å². The Hall–Kier alpha value is -3.06. The van der Waals surface area contributed by atoms with Gasteiger partial charge in [0.05, 0.1) is 13.7 Å². The number of amides is 3. The third-order valence-electron chi connectivity index (χ3n) is 5.22. The number of hydrogen-bond donors (Lipinski definition) is 3. The highest BCUT2D eigenvalue weighted by atomic mass is 16.5. The molecule has 160 valence electrons. The van der Waals surface area contributed by atoms with Gasteiger partial charge in [0, 0.05) is 31.4 Å². The zero-order valence-corrected chi connectivity index (χ0v) is 17.4. The molecule has 1 aliphatic heterocycles. The molecular formula is C23H30N4O3. The Morgan fingerprint density at radius 3 is 2.40 bits per heavy atom. The second-order valence-corrected chi connectivity index (χ2v) is 7.46. The number of rotatable bonds is 8. The molecule has 7 heteroatoms. The smallest absolute Gasteiger partial charge is 0.319 e. The number of nitrogens with one attached hydrogen (secondary N) is 3. The minimum atomic E-state index is -0.184. The van der Waals surface area contributed by atoms with E-state index >= 15 is 0 Å². The van der Waals surface area contributed by atoms with E-state index in [2.05, 4.69) is 20.9 Å². The summed E-state index contributed by atoms with van der Waals surface area (Å²) >= 11 is 0. The van der Waals surface area contributed by atoms with Crippen molar-refractivity contribution in [3.8, 4) is 5.75 Å². The van der Waals surface area contributed by atoms with Gasteiger partial charge in [-0.05, 0) is 49.1 Å². The molecule has 1 aliphatic rings. The van der Waals surface area contributed by atoms with E-state index < -0.39 is 0 Å². The van der Waals surface area contributed by atoms with Crippen molar-refractivity contribution in [2.75, 3.05) is 38.6 Å². The number of anilines is 1. The number of hydrogen-bond acceptors (Lipinski definition) is 4. The number of para-hydroxylation sites is 1. The molecule has 0 spiro atoms. The lowest BCUT2D eigenvalue weighted by Gasteiger charge is -2.31. The Labute approximate surface area is 177 Å². The number of nitrogens with zero attached hydrogens (tertiary/aromatic N) is 1. The number of urea groups is 1. The van der Waals surface area contributed by atoms with Gasteiger partial charge >= 0.3 is 6.03 Å². The predicted molar refractivity (Wildman–Crippen MR) is 118 cm³/mol. The Morgan fingerprint density at radius 2 is 1.73 bits per heavy atom. The Balaban J connectivity index is 1.30. The highest BCUT2D eigenvalue weighted by molar-refractivity contribution is 5.89. The summed E-state index contributed by atoms with van der Waals surface area (Å²) < 4.78 is 5.15. The van der Waals surface area contributed by atoms with E-state index in [1.165, 1.54) is 0 Å². The number of carbonyl (C=O) groups excluding carboxylic acids is 2. The van der Waals surface area contributed by atoms with Gasteiger partial charge in [-0.1, -0.05) is 30.3 Å². The molecular weight excluding hydrogens is 380 g/mol. The SMILES string of the molecule is COc1ccc(CCNC(=O)CN2CCC(NC(=O)Nc3ccccc3)CC2)cc1. The average Bonchev–Trinajstić information content (AvgIpc) is 2.76. The fourth-order valence-corrected chi connectivity index (χ4v) is 3.51. The number of benzene rings is 2. The molecule has 1 saturated heterocycles. The molecule has 0 aromatic heterocycles. The predicted octanol–water partition coefficient (Wildman–Crippen LogP) is 2.64. The topological polar surface area (TPSA) is 82.7 Å². The van der Waals surface area contributed by atoms with Crippen molar-refractivity contribution in [2.45, 2.75) is 25.3 Å². The molecule has 2 aromatic carbocycles. The second-order valence-electron chi connectivity index (χ2n) is 7.46. The number of piperidine rings is 1. The molecule has 1 heterocycles. The van der Waals surface area contributed by atoms with Crippen molar-refractivity contribution in [3.05, 3.63) is 60.2 Å². The molecule has 0 atom stereocenters. The van der Waals surface area contributed by atoms with Gasteiger partial charge in [-0.15, -0.1) is 0 Å². The first-order valence-corrected chi connectivity index (χ1v) is 10.4. The van der Waals surface area contributed by atoms with Crippen LogP contribution in [0.3, 0.4) is 0 Å². The van der Waals surface area contributed by atoms with Gasteiger partial charge in [0.15, 0.2) is 0 Å². The van der Waals surface area contributed by atoms with Crippen LogP contribution in [0.4, 0.5) is 10.5 Å². The van der Waals surface area contributed by atoms with E-state index in [-0.39, 0.29) is 18.0 Å². The van der Waals surface area contributed by atoms with E-state index in [9.17, 15) is 9.59 Å². The summed E-state index contributed by atoms with van der Waals surface area (Å²) in [5, 5.41) is 8.84. The molecule has 7 nitrogen and oxygen atoms in total. The maximum Gasteiger partial charge on any atom is 0.319 e. The second kappa shape index (κ2) is 11.2. The third kappa shape index (κ3) is 7.08. The number of methoxy groups -OCH3 is 1. The van der Waals surface area contributed by atoms with Crippen LogP contribution in [-0.4, -0.2) is 56.2 Å². The number of ether oxygens (including phenoxy) is 1. The third-order valence-corrected chi connectivity index (χ3v) is 5.22. The van der Waals surface area contributed by atoms with Crippen LogP contribution >= 0.6 is 0 Å².